The lowest BCUT2D eigenvalue weighted by molar-refractivity contribution is -0.122. The molecule has 0 saturated carbocycles. The molecule has 0 radical (unpaired) electrons. The van der Waals surface area contributed by atoms with Crippen molar-refractivity contribution >= 4 is 15.9 Å². The number of carbonyl (C=O) groups is 1. The Morgan fingerprint density at radius 3 is 2.36 bits per heavy atom. The summed E-state index contributed by atoms with van der Waals surface area (Å²) in [5.41, 5.74) is 1.82. The third-order valence-corrected chi connectivity index (χ3v) is 5.77. The van der Waals surface area contributed by atoms with Gasteiger partial charge in [-0.15, -0.1) is 0 Å². The lowest BCUT2D eigenvalue weighted by Gasteiger charge is -2.16. The van der Waals surface area contributed by atoms with Crippen molar-refractivity contribution in [1.82, 2.24) is 10.0 Å². The van der Waals surface area contributed by atoms with Gasteiger partial charge in [-0.1, -0.05) is 18.2 Å². The molecule has 0 spiro atoms. The molecule has 0 saturated heterocycles. The minimum absolute atomic E-state index is 0.00730. The molecule has 0 aliphatic heterocycles. The third-order valence-electron chi connectivity index (χ3n) is 4.21. The van der Waals surface area contributed by atoms with Gasteiger partial charge in [0.1, 0.15) is 16.4 Å². The second-order valence-electron chi connectivity index (χ2n) is 6.39. The molecule has 0 heterocycles. The van der Waals surface area contributed by atoms with Crippen LogP contribution in [-0.4, -0.2) is 41.1 Å². The molecule has 2 N–H and O–H groups in total. The van der Waals surface area contributed by atoms with Crippen molar-refractivity contribution in [3.8, 4) is 11.5 Å². The fourth-order valence-electron chi connectivity index (χ4n) is 2.62. The van der Waals surface area contributed by atoms with E-state index in [1.54, 1.807) is 26.2 Å². The van der Waals surface area contributed by atoms with E-state index in [1.165, 1.54) is 20.1 Å². The molecule has 28 heavy (non-hydrogen) atoms. The van der Waals surface area contributed by atoms with Crippen molar-refractivity contribution in [1.29, 1.82) is 0 Å². The Bertz CT molecular complexity index is 911. The summed E-state index contributed by atoms with van der Waals surface area (Å²) in [5, 5.41) is 2.75. The maximum atomic E-state index is 12.7. The van der Waals surface area contributed by atoms with Crippen molar-refractivity contribution in [3.63, 3.8) is 0 Å². The molecular formula is C20H26N2O5S. The van der Waals surface area contributed by atoms with E-state index in [4.69, 9.17) is 9.47 Å². The lowest BCUT2D eigenvalue weighted by Crippen LogP contribution is -2.45. The topological polar surface area (TPSA) is 93.7 Å². The molecule has 2 aromatic rings. The lowest BCUT2D eigenvalue weighted by atomic mass is 10.1. The fourth-order valence-corrected chi connectivity index (χ4v) is 4.08. The third kappa shape index (κ3) is 5.71. The number of rotatable bonds is 9. The highest BCUT2D eigenvalue weighted by molar-refractivity contribution is 7.89. The van der Waals surface area contributed by atoms with Crippen LogP contribution in [0.3, 0.4) is 0 Å². The van der Waals surface area contributed by atoms with Gasteiger partial charge in [-0.3, -0.25) is 4.79 Å². The number of nitrogens with one attached hydrogen (secondary N) is 2. The van der Waals surface area contributed by atoms with Gasteiger partial charge < -0.3 is 14.8 Å². The summed E-state index contributed by atoms with van der Waals surface area (Å²) >= 11 is 0. The molecule has 2 rings (SSSR count). The maximum absolute atomic E-state index is 12.7. The van der Waals surface area contributed by atoms with E-state index in [-0.39, 0.29) is 10.6 Å². The number of hydrogen-bond donors (Lipinski definition) is 2. The van der Waals surface area contributed by atoms with Crippen LogP contribution in [0, 0.1) is 6.92 Å². The van der Waals surface area contributed by atoms with E-state index < -0.39 is 22.0 Å². The second kappa shape index (κ2) is 9.57. The number of hydrogen-bond acceptors (Lipinski definition) is 5. The van der Waals surface area contributed by atoms with Crippen molar-refractivity contribution < 1.29 is 22.7 Å². The number of sulfonamides is 1. The molecule has 0 unspecified atom stereocenters. The summed E-state index contributed by atoms with van der Waals surface area (Å²) in [6.45, 7) is 3.68. The van der Waals surface area contributed by atoms with Crippen LogP contribution in [0.2, 0.25) is 0 Å². The van der Waals surface area contributed by atoms with Gasteiger partial charge >= 0.3 is 0 Å². The highest BCUT2D eigenvalue weighted by Crippen LogP contribution is 2.24. The predicted molar refractivity (Wildman–Crippen MR) is 107 cm³/mol. The molecule has 1 amide bonds. The summed E-state index contributed by atoms with van der Waals surface area (Å²) in [4.78, 5) is 12.3. The number of methoxy groups -OCH3 is 2. The average Bonchev–Trinajstić information content (AvgIpc) is 2.68. The fraction of sp³-hybridized carbons (Fsp3) is 0.350. The Hall–Kier alpha value is -2.58. The quantitative estimate of drug-likeness (QED) is 0.665. The number of amides is 1. The highest BCUT2D eigenvalue weighted by Gasteiger charge is 2.25. The Balaban J connectivity index is 1.94. The molecule has 0 aliphatic carbocycles. The van der Waals surface area contributed by atoms with Gasteiger partial charge in [0, 0.05) is 6.54 Å². The first-order chi connectivity index (χ1) is 13.3. The van der Waals surface area contributed by atoms with E-state index in [1.807, 2.05) is 24.3 Å². The first-order valence-electron chi connectivity index (χ1n) is 8.84. The Labute approximate surface area is 166 Å². The van der Waals surface area contributed by atoms with Gasteiger partial charge in [0.05, 0.1) is 20.3 Å². The zero-order chi connectivity index (χ0) is 20.7. The normalized spacial score (nSPS) is 12.3. The van der Waals surface area contributed by atoms with Gasteiger partial charge in [0.25, 0.3) is 0 Å². The summed E-state index contributed by atoms with van der Waals surface area (Å²) in [7, 11) is -0.901. The summed E-state index contributed by atoms with van der Waals surface area (Å²) < 4.78 is 37.9. The molecule has 8 heteroatoms. The number of aryl methyl sites for hydroxylation is 1. The van der Waals surface area contributed by atoms with E-state index in [0.29, 0.717) is 13.0 Å². The van der Waals surface area contributed by atoms with Gasteiger partial charge in [-0.25, -0.2) is 8.42 Å². The van der Waals surface area contributed by atoms with E-state index >= 15 is 0 Å². The number of benzene rings is 2. The molecule has 1 atom stereocenters. The zero-order valence-electron chi connectivity index (χ0n) is 16.5. The van der Waals surface area contributed by atoms with Crippen LogP contribution in [0.4, 0.5) is 0 Å². The largest absolute Gasteiger partial charge is 0.497 e. The predicted octanol–water partition coefficient (Wildman–Crippen LogP) is 2.04. The van der Waals surface area contributed by atoms with Crippen molar-refractivity contribution in [2.24, 2.45) is 0 Å². The van der Waals surface area contributed by atoms with Crippen molar-refractivity contribution in [3.05, 3.63) is 53.6 Å². The Morgan fingerprint density at radius 1 is 1.07 bits per heavy atom. The standard InChI is InChI=1S/C20H26N2O5S/c1-14-5-10-18(27-4)19(13-14)28(24,25)22-15(2)20(23)21-12-11-16-6-8-17(26-3)9-7-16/h5-10,13,15,22H,11-12H2,1-4H3,(H,21,23)/t15-/m1/s1. The molecule has 0 aliphatic rings. The van der Waals surface area contributed by atoms with Crippen LogP contribution in [0.1, 0.15) is 18.1 Å². The van der Waals surface area contributed by atoms with Crippen LogP contribution in [-0.2, 0) is 21.2 Å². The first-order valence-corrected chi connectivity index (χ1v) is 10.3. The van der Waals surface area contributed by atoms with Crippen LogP contribution in [0.5, 0.6) is 11.5 Å². The first kappa shape index (κ1) is 21.7. The highest BCUT2D eigenvalue weighted by atomic mass is 32.2. The molecule has 0 bridgehead atoms. The molecule has 2 aromatic carbocycles. The second-order valence-corrected chi connectivity index (χ2v) is 8.07. The molecule has 152 valence electrons. The molecule has 0 aromatic heterocycles. The minimum atomic E-state index is -3.90. The van der Waals surface area contributed by atoms with Gasteiger partial charge in [0.15, 0.2) is 0 Å². The molecule has 0 fully saturated rings. The van der Waals surface area contributed by atoms with Gasteiger partial charge in [0.2, 0.25) is 15.9 Å². The number of ether oxygens (including phenoxy) is 2. The van der Waals surface area contributed by atoms with E-state index in [9.17, 15) is 13.2 Å². The summed E-state index contributed by atoms with van der Waals surface area (Å²) in [5.74, 6) is 0.594. The molecule has 7 nitrogen and oxygen atoms in total. The van der Waals surface area contributed by atoms with Crippen LogP contribution < -0.4 is 19.5 Å². The van der Waals surface area contributed by atoms with Crippen LogP contribution in [0.25, 0.3) is 0 Å². The Morgan fingerprint density at radius 2 is 1.75 bits per heavy atom. The SMILES string of the molecule is COc1ccc(CCNC(=O)[C@@H](C)NS(=O)(=O)c2cc(C)ccc2OC)cc1. The van der Waals surface area contributed by atoms with E-state index in [0.717, 1.165) is 16.9 Å². The Kier molecular flexibility index (Phi) is 7.42. The molecular weight excluding hydrogens is 380 g/mol. The van der Waals surface area contributed by atoms with Crippen molar-refractivity contribution in [2.45, 2.75) is 31.2 Å². The van der Waals surface area contributed by atoms with Crippen LogP contribution in [0.15, 0.2) is 47.4 Å². The average molecular weight is 407 g/mol. The summed E-state index contributed by atoms with van der Waals surface area (Å²) in [6.07, 6.45) is 0.626. The monoisotopic (exact) mass is 406 g/mol. The van der Waals surface area contributed by atoms with Gasteiger partial charge in [-0.05, 0) is 55.7 Å². The minimum Gasteiger partial charge on any atom is -0.497 e. The van der Waals surface area contributed by atoms with E-state index in [2.05, 4.69) is 10.0 Å². The van der Waals surface area contributed by atoms with Gasteiger partial charge in [-0.2, -0.15) is 4.72 Å². The van der Waals surface area contributed by atoms with Crippen LogP contribution >= 0.6 is 0 Å². The summed E-state index contributed by atoms with van der Waals surface area (Å²) in [6, 6.07) is 11.5. The van der Waals surface area contributed by atoms with Crippen molar-refractivity contribution in [2.75, 3.05) is 20.8 Å². The smallest absolute Gasteiger partial charge is 0.244 e. The number of carbonyl (C=O) groups excluding carboxylic acids is 1. The zero-order valence-corrected chi connectivity index (χ0v) is 17.3. The maximum Gasteiger partial charge on any atom is 0.244 e.